The van der Waals surface area contributed by atoms with Crippen molar-refractivity contribution in [2.24, 2.45) is 0 Å². The molecule has 2 N–H and O–H groups in total. The van der Waals surface area contributed by atoms with Gasteiger partial charge in [-0.05, 0) is 66.8 Å². The molecule has 0 unspecified atom stereocenters. The van der Waals surface area contributed by atoms with Gasteiger partial charge in [-0.3, -0.25) is 9.78 Å². The van der Waals surface area contributed by atoms with E-state index in [0.29, 0.717) is 27.9 Å². The normalized spacial score (nSPS) is 16.8. The summed E-state index contributed by atoms with van der Waals surface area (Å²) in [7, 11) is 2.98. The number of aromatic nitrogens is 2. The minimum absolute atomic E-state index is 0.0996. The summed E-state index contributed by atoms with van der Waals surface area (Å²) in [4.78, 5) is 18.8. The number of halogens is 1. The lowest BCUT2D eigenvalue weighted by molar-refractivity contribution is -0.119. The number of carbonyl (C=O) groups is 1. The molecule has 10 heteroatoms. The Hall–Kier alpha value is -4.28. The van der Waals surface area contributed by atoms with E-state index >= 15 is 0 Å². The van der Waals surface area contributed by atoms with Gasteiger partial charge in [-0.25, -0.2) is 4.39 Å². The maximum atomic E-state index is 14.9. The Morgan fingerprint density at radius 2 is 1.92 bits per heavy atom. The monoisotopic (exact) mass is 531 g/mol. The number of pyridine rings is 1. The number of nitrogens with zero attached hydrogens (tertiary/aromatic N) is 3. The van der Waals surface area contributed by atoms with Crippen LogP contribution in [0.4, 0.5) is 15.8 Å². The first-order valence-corrected chi connectivity index (χ1v) is 12.3. The summed E-state index contributed by atoms with van der Waals surface area (Å²) >= 11 is 5.84. The van der Waals surface area contributed by atoms with Crippen molar-refractivity contribution in [2.75, 3.05) is 31.0 Å². The Balaban J connectivity index is 1.64. The van der Waals surface area contributed by atoms with Gasteiger partial charge in [0, 0.05) is 30.9 Å². The van der Waals surface area contributed by atoms with Crippen LogP contribution in [-0.4, -0.2) is 41.4 Å². The predicted molar refractivity (Wildman–Crippen MR) is 147 cm³/mol. The van der Waals surface area contributed by atoms with E-state index in [2.05, 4.69) is 15.6 Å². The number of hydrogen-bond donors (Lipinski definition) is 2. The molecule has 5 rings (SSSR count). The van der Waals surface area contributed by atoms with Crippen LogP contribution >= 0.6 is 12.2 Å². The summed E-state index contributed by atoms with van der Waals surface area (Å²) in [5.41, 5.74) is 3.19. The molecule has 0 spiro atoms. The quantitative estimate of drug-likeness (QED) is 0.317. The lowest BCUT2D eigenvalue weighted by atomic mass is 10.0. The number of methoxy groups -OCH3 is 2. The van der Waals surface area contributed by atoms with E-state index in [1.807, 2.05) is 52.1 Å². The lowest BCUT2D eigenvalue weighted by Gasteiger charge is -2.29. The zero-order valence-corrected chi connectivity index (χ0v) is 21.6. The molecule has 2 atom stereocenters. The molecule has 2 aromatic carbocycles. The number of rotatable bonds is 8. The lowest BCUT2D eigenvalue weighted by Crippen LogP contribution is -2.30. The minimum Gasteiger partial charge on any atom is -0.495 e. The summed E-state index contributed by atoms with van der Waals surface area (Å²) in [5, 5.41) is 6.70. The molecule has 0 aliphatic carbocycles. The molecule has 38 heavy (non-hydrogen) atoms. The largest absolute Gasteiger partial charge is 0.495 e. The number of thiocarbonyl (C=S) groups is 1. The molecule has 1 saturated heterocycles. The molecule has 194 valence electrons. The van der Waals surface area contributed by atoms with E-state index in [4.69, 9.17) is 21.7 Å². The van der Waals surface area contributed by atoms with Gasteiger partial charge in [-0.1, -0.05) is 18.2 Å². The molecule has 3 heterocycles. The molecule has 1 aliphatic rings. The molecule has 1 amide bonds. The summed E-state index contributed by atoms with van der Waals surface area (Å²) in [5.74, 6) is -0.169. The number of hydrogen-bond acceptors (Lipinski definition) is 5. The molecular formula is C28H26FN5O3S. The van der Waals surface area contributed by atoms with E-state index in [9.17, 15) is 9.18 Å². The van der Waals surface area contributed by atoms with Gasteiger partial charge in [0.2, 0.25) is 5.91 Å². The van der Waals surface area contributed by atoms with Crippen LogP contribution in [0.1, 0.15) is 23.5 Å². The van der Waals surface area contributed by atoms with E-state index in [1.165, 1.54) is 20.3 Å². The number of ether oxygens (including phenoxy) is 2. The fourth-order valence-electron chi connectivity index (χ4n) is 4.70. The Labute approximate surface area is 225 Å². The minimum atomic E-state index is -0.400. The molecule has 4 aromatic rings. The predicted octanol–water partition coefficient (Wildman–Crippen LogP) is 4.78. The zero-order valence-electron chi connectivity index (χ0n) is 20.8. The molecule has 8 nitrogen and oxygen atoms in total. The van der Waals surface area contributed by atoms with Crippen LogP contribution in [0.25, 0.3) is 5.69 Å². The number of nitrogens with one attached hydrogen (secondary N) is 2. The molecule has 0 saturated carbocycles. The average molecular weight is 532 g/mol. The maximum absolute atomic E-state index is 14.9. The fourth-order valence-corrected chi connectivity index (χ4v) is 5.04. The van der Waals surface area contributed by atoms with Crippen LogP contribution in [0, 0.1) is 5.82 Å². The highest BCUT2D eigenvalue weighted by Gasteiger charge is 2.42. The molecule has 1 aliphatic heterocycles. The highest BCUT2D eigenvalue weighted by Crippen LogP contribution is 2.44. The topological polar surface area (TPSA) is 80.7 Å². The van der Waals surface area contributed by atoms with Gasteiger partial charge in [0.15, 0.2) is 5.11 Å². The van der Waals surface area contributed by atoms with Gasteiger partial charge >= 0.3 is 0 Å². The first-order valence-electron chi connectivity index (χ1n) is 11.9. The maximum Gasteiger partial charge on any atom is 0.250 e. The smallest absolute Gasteiger partial charge is 0.250 e. The summed E-state index contributed by atoms with van der Waals surface area (Å²) in [6.07, 6.45) is 3.56. The van der Waals surface area contributed by atoms with Gasteiger partial charge in [0.25, 0.3) is 0 Å². The van der Waals surface area contributed by atoms with Crippen molar-refractivity contribution >= 4 is 34.6 Å². The van der Waals surface area contributed by atoms with E-state index < -0.39 is 6.04 Å². The van der Waals surface area contributed by atoms with E-state index in [0.717, 1.165) is 11.4 Å². The standard InChI is InChI=1S/C28H26FN5O3S/c1-36-17-25(35)31-21-16-18(12-13-24(21)37-2)34-27(26(32-28(34)38)20-9-5-6-14-30-20)23-11-7-15-33(23)22-10-4-3-8-19(22)29/h3-16,26-27H,17H2,1-2H3,(H,31,35)(H,32,38)/t26-,27-/m0/s1. The van der Waals surface area contributed by atoms with Crippen molar-refractivity contribution in [3.05, 3.63) is 102 Å². The first-order chi connectivity index (χ1) is 18.5. The van der Waals surface area contributed by atoms with Crippen LogP contribution < -0.4 is 20.3 Å². The second-order valence-corrected chi connectivity index (χ2v) is 9.00. The molecule has 0 radical (unpaired) electrons. The highest BCUT2D eigenvalue weighted by atomic mass is 32.1. The van der Waals surface area contributed by atoms with E-state index in [-0.39, 0.29) is 24.4 Å². The fraction of sp³-hybridized carbons (Fsp3) is 0.179. The van der Waals surface area contributed by atoms with Crippen molar-refractivity contribution in [1.82, 2.24) is 14.9 Å². The SMILES string of the molecule is COCC(=O)Nc1cc(N2C(=S)N[C@@H](c3ccccn3)[C@@H]2c2cccn2-c2ccccc2F)ccc1OC. The van der Waals surface area contributed by atoms with Gasteiger partial charge < -0.3 is 29.6 Å². The number of benzene rings is 2. The second kappa shape index (κ2) is 11.0. The van der Waals surface area contributed by atoms with Crippen molar-refractivity contribution in [1.29, 1.82) is 0 Å². The molecule has 0 bridgehead atoms. The van der Waals surface area contributed by atoms with Crippen LogP contribution in [0.3, 0.4) is 0 Å². The number of para-hydroxylation sites is 1. The van der Waals surface area contributed by atoms with Crippen LogP contribution in [0.5, 0.6) is 5.75 Å². The van der Waals surface area contributed by atoms with Crippen molar-refractivity contribution < 1.29 is 18.7 Å². The Kier molecular flexibility index (Phi) is 7.34. The third-order valence-electron chi connectivity index (χ3n) is 6.30. The number of amides is 1. The third kappa shape index (κ3) is 4.83. The van der Waals surface area contributed by atoms with Gasteiger partial charge in [-0.2, -0.15) is 0 Å². The molecule has 1 fully saturated rings. The highest BCUT2D eigenvalue weighted by molar-refractivity contribution is 7.80. The van der Waals surface area contributed by atoms with Crippen molar-refractivity contribution in [3.63, 3.8) is 0 Å². The summed E-state index contributed by atoms with van der Waals surface area (Å²) < 4.78 is 27.2. The van der Waals surface area contributed by atoms with Crippen molar-refractivity contribution in [3.8, 4) is 11.4 Å². The summed E-state index contributed by atoms with van der Waals surface area (Å²) in [6.45, 7) is -0.0996. The van der Waals surface area contributed by atoms with Crippen molar-refractivity contribution in [2.45, 2.75) is 12.1 Å². The number of anilines is 2. The number of carbonyl (C=O) groups excluding carboxylic acids is 1. The van der Waals surface area contributed by atoms with E-state index in [1.54, 1.807) is 36.5 Å². The Bertz CT molecular complexity index is 1460. The summed E-state index contributed by atoms with van der Waals surface area (Å²) in [6, 6.07) is 20.8. The van der Waals surface area contributed by atoms with Crippen LogP contribution in [0.2, 0.25) is 0 Å². The molecular weight excluding hydrogens is 505 g/mol. The Morgan fingerprint density at radius 1 is 1.11 bits per heavy atom. The van der Waals surface area contributed by atoms with Crippen LogP contribution in [0.15, 0.2) is 85.2 Å². The third-order valence-corrected chi connectivity index (χ3v) is 6.62. The molecule has 2 aromatic heterocycles. The van der Waals surface area contributed by atoms with Crippen LogP contribution in [-0.2, 0) is 9.53 Å². The first kappa shape index (κ1) is 25.4. The van der Waals surface area contributed by atoms with Gasteiger partial charge in [0.1, 0.15) is 24.2 Å². The average Bonchev–Trinajstić information content (AvgIpc) is 3.53. The van der Waals surface area contributed by atoms with Gasteiger partial charge in [0.05, 0.1) is 30.2 Å². The van der Waals surface area contributed by atoms with Gasteiger partial charge in [-0.15, -0.1) is 0 Å². The Morgan fingerprint density at radius 3 is 2.66 bits per heavy atom. The zero-order chi connectivity index (χ0) is 26.6. The second-order valence-electron chi connectivity index (χ2n) is 8.62.